The van der Waals surface area contributed by atoms with E-state index in [1.54, 1.807) is 13.3 Å². The van der Waals surface area contributed by atoms with Crippen molar-refractivity contribution in [2.75, 3.05) is 7.11 Å². The summed E-state index contributed by atoms with van der Waals surface area (Å²) in [6, 6.07) is 11.2. The molecule has 106 valence electrons. The molecule has 0 atom stereocenters. The number of halogens is 1. The fraction of sp³-hybridized carbons (Fsp3) is 0.118. The highest BCUT2D eigenvalue weighted by Crippen LogP contribution is 2.31. The Balaban J connectivity index is 2.20. The Hall–Kier alpha value is -2.62. The first-order chi connectivity index (χ1) is 10.1. The maximum atomic E-state index is 13.0. The smallest absolute Gasteiger partial charge is 0.195 e. The molecule has 0 fully saturated rings. The quantitative estimate of drug-likeness (QED) is 0.688. The molecule has 0 saturated carbocycles. The summed E-state index contributed by atoms with van der Waals surface area (Å²) in [4.78, 5) is 12.7. The van der Waals surface area contributed by atoms with E-state index in [2.05, 4.69) is 0 Å². The molecule has 0 radical (unpaired) electrons. The first kappa shape index (κ1) is 13.4. The Morgan fingerprint density at radius 1 is 1.14 bits per heavy atom. The largest absolute Gasteiger partial charge is 0.496 e. The van der Waals surface area contributed by atoms with E-state index in [1.165, 1.54) is 24.3 Å². The molecule has 0 N–H and O–H groups in total. The van der Waals surface area contributed by atoms with E-state index in [-0.39, 0.29) is 11.6 Å². The van der Waals surface area contributed by atoms with Crippen LogP contribution in [0.15, 0.2) is 48.7 Å². The van der Waals surface area contributed by atoms with Gasteiger partial charge in [-0.1, -0.05) is 6.07 Å². The van der Waals surface area contributed by atoms with Crippen LogP contribution in [-0.4, -0.2) is 17.5 Å². The van der Waals surface area contributed by atoms with Gasteiger partial charge in [-0.2, -0.15) is 0 Å². The normalized spacial score (nSPS) is 10.8. The zero-order valence-corrected chi connectivity index (χ0v) is 11.8. The predicted octanol–water partition coefficient (Wildman–Crippen LogP) is 3.56. The van der Waals surface area contributed by atoms with Gasteiger partial charge in [-0.3, -0.25) is 4.79 Å². The molecule has 3 aromatic rings. The van der Waals surface area contributed by atoms with Gasteiger partial charge in [-0.25, -0.2) is 4.39 Å². The second-order valence-corrected chi connectivity index (χ2v) is 4.84. The van der Waals surface area contributed by atoms with Gasteiger partial charge in [0, 0.05) is 18.8 Å². The number of ketones is 1. The summed E-state index contributed by atoms with van der Waals surface area (Å²) in [5.74, 6) is 0.144. The number of aromatic nitrogens is 1. The van der Waals surface area contributed by atoms with Crippen molar-refractivity contribution in [2.24, 2.45) is 7.05 Å². The molecular weight excluding hydrogens is 269 g/mol. The minimum atomic E-state index is -0.359. The van der Waals surface area contributed by atoms with Crippen LogP contribution in [0.4, 0.5) is 4.39 Å². The number of methoxy groups -OCH3 is 1. The number of hydrogen-bond acceptors (Lipinski definition) is 2. The van der Waals surface area contributed by atoms with Gasteiger partial charge in [0.25, 0.3) is 0 Å². The van der Waals surface area contributed by atoms with E-state index in [4.69, 9.17) is 4.74 Å². The Kier molecular flexibility index (Phi) is 3.22. The molecule has 0 spiro atoms. The standard InChI is InChI=1S/C17H14FNO2/c1-19-10-13(16-14(19)4-3-5-15(16)21-2)17(20)11-6-8-12(18)9-7-11/h3-10H,1-2H3. The predicted molar refractivity (Wildman–Crippen MR) is 79.3 cm³/mol. The zero-order chi connectivity index (χ0) is 15.0. The van der Waals surface area contributed by atoms with E-state index < -0.39 is 0 Å². The lowest BCUT2D eigenvalue weighted by molar-refractivity contribution is 0.104. The van der Waals surface area contributed by atoms with Gasteiger partial charge in [0.15, 0.2) is 5.78 Å². The van der Waals surface area contributed by atoms with Crippen LogP contribution >= 0.6 is 0 Å². The molecule has 0 saturated heterocycles. The second kappa shape index (κ2) is 5.05. The lowest BCUT2D eigenvalue weighted by atomic mass is 10.0. The van der Waals surface area contributed by atoms with Crippen LogP contribution in [-0.2, 0) is 7.05 Å². The third-order valence-electron chi connectivity index (χ3n) is 3.55. The maximum absolute atomic E-state index is 13.0. The number of hydrogen-bond donors (Lipinski definition) is 0. The van der Waals surface area contributed by atoms with Crippen molar-refractivity contribution in [3.63, 3.8) is 0 Å². The van der Waals surface area contributed by atoms with Crippen LogP contribution in [0.2, 0.25) is 0 Å². The topological polar surface area (TPSA) is 31.2 Å². The second-order valence-electron chi connectivity index (χ2n) is 4.84. The molecular formula is C17H14FNO2. The van der Waals surface area contributed by atoms with Gasteiger partial charge in [0.1, 0.15) is 11.6 Å². The van der Waals surface area contributed by atoms with Crippen LogP contribution in [0.1, 0.15) is 15.9 Å². The van der Waals surface area contributed by atoms with Crippen molar-refractivity contribution in [3.05, 3.63) is 65.6 Å². The SMILES string of the molecule is COc1cccc2c1c(C(=O)c1ccc(F)cc1)cn2C. The Morgan fingerprint density at radius 2 is 1.86 bits per heavy atom. The van der Waals surface area contributed by atoms with Crippen molar-refractivity contribution in [1.29, 1.82) is 0 Å². The molecule has 0 aliphatic carbocycles. The molecule has 3 nitrogen and oxygen atoms in total. The molecule has 21 heavy (non-hydrogen) atoms. The van der Waals surface area contributed by atoms with E-state index >= 15 is 0 Å². The van der Waals surface area contributed by atoms with Crippen molar-refractivity contribution in [3.8, 4) is 5.75 Å². The average molecular weight is 283 g/mol. The summed E-state index contributed by atoms with van der Waals surface area (Å²) in [6.45, 7) is 0. The summed E-state index contributed by atoms with van der Waals surface area (Å²) in [5, 5.41) is 0.775. The summed E-state index contributed by atoms with van der Waals surface area (Å²) >= 11 is 0. The minimum absolute atomic E-state index is 0.148. The number of benzene rings is 2. The van der Waals surface area contributed by atoms with Crippen molar-refractivity contribution < 1.29 is 13.9 Å². The molecule has 0 bridgehead atoms. The monoisotopic (exact) mass is 283 g/mol. The van der Waals surface area contributed by atoms with Crippen molar-refractivity contribution in [2.45, 2.75) is 0 Å². The molecule has 0 aliphatic rings. The number of carbonyl (C=O) groups is 1. The van der Waals surface area contributed by atoms with E-state index in [1.807, 2.05) is 29.8 Å². The lowest BCUT2D eigenvalue weighted by Gasteiger charge is -2.05. The highest BCUT2D eigenvalue weighted by Gasteiger charge is 2.18. The van der Waals surface area contributed by atoms with Crippen LogP contribution in [0.25, 0.3) is 10.9 Å². The van der Waals surface area contributed by atoms with E-state index in [9.17, 15) is 9.18 Å². The van der Waals surface area contributed by atoms with Gasteiger partial charge in [0.2, 0.25) is 0 Å². The number of nitrogens with zero attached hydrogens (tertiary/aromatic N) is 1. The Morgan fingerprint density at radius 3 is 2.52 bits per heavy atom. The number of fused-ring (bicyclic) bond motifs is 1. The Labute approximate surface area is 121 Å². The van der Waals surface area contributed by atoms with Crippen LogP contribution < -0.4 is 4.74 Å². The fourth-order valence-electron chi connectivity index (χ4n) is 2.51. The summed E-state index contributed by atoms with van der Waals surface area (Å²) in [6.07, 6.45) is 1.78. The molecule has 2 aromatic carbocycles. The van der Waals surface area contributed by atoms with Crippen LogP contribution in [0.5, 0.6) is 5.75 Å². The molecule has 1 heterocycles. The highest BCUT2D eigenvalue weighted by molar-refractivity contribution is 6.17. The number of aryl methyl sites for hydroxylation is 1. The molecule has 4 heteroatoms. The minimum Gasteiger partial charge on any atom is -0.496 e. The van der Waals surface area contributed by atoms with Gasteiger partial charge in [-0.15, -0.1) is 0 Å². The van der Waals surface area contributed by atoms with E-state index in [0.717, 1.165) is 10.9 Å². The number of ether oxygens (including phenoxy) is 1. The first-order valence-electron chi connectivity index (χ1n) is 6.54. The molecule has 0 unspecified atom stereocenters. The highest BCUT2D eigenvalue weighted by atomic mass is 19.1. The third kappa shape index (κ3) is 2.18. The average Bonchev–Trinajstić information content (AvgIpc) is 2.85. The van der Waals surface area contributed by atoms with Gasteiger partial charge in [-0.05, 0) is 36.4 Å². The number of carbonyl (C=O) groups excluding carboxylic acids is 1. The van der Waals surface area contributed by atoms with Gasteiger partial charge in [0.05, 0.1) is 23.6 Å². The maximum Gasteiger partial charge on any atom is 0.195 e. The van der Waals surface area contributed by atoms with Crippen LogP contribution in [0.3, 0.4) is 0 Å². The molecule has 0 aliphatic heterocycles. The van der Waals surface area contributed by atoms with Crippen molar-refractivity contribution >= 4 is 16.7 Å². The summed E-state index contributed by atoms with van der Waals surface area (Å²) < 4.78 is 20.2. The van der Waals surface area contributed by atoms with Gasteiger partial charge < -0.3 is 9.30 Å². The summed E-state index contributed by atoms with van der Waals surface area (Å²) in [5.41, 5.74) is 1.92. The summed E-state index contributed by atoms with van der Waals surface area (Å²) in [7, 11) is 3.46. The first-order valence-corrected chi connectivity index (χ1v) is 6.54. The van der Waals surface area contributed by atoms with Crippen LogP contribution in [0, 0.1) is 5.82 Å². The van der Waals surface area contributed by atoms with E-state index in [0.29, 0.717) is 16.9 Å². The third-order valence-corrected chi connectivity index (χ3v) is 3.55. The molecule has 1 aromatic heterocycles. The lowest BCUT2D eigenvalue weighted by Crippen LogP contribution is -2.01. The Bertz CT molecular complexity index is 819. The zero-order valence-electron chi connectivity index (χ0n) is 11.8. The van der Waals surface area contributed by atoms with Gasteiger partial charge >= 0.3 is 0 Å². The fourth-order valence-corrected chi connectivity index (χ4v) is 2.51. The number of rotatable bonds is 3. The molecule has 3 rings (SSSR count). The molecule has 0 amide bonds. The van der Waals surface area contributed by atoms with Crippen molar-refractivity contribution in [1.82, 2.24) is 4.57 Å².